The first kappa shape index (κ1) is 12.7. The lowest BCUT2D eigenvalue weighted by Gasteiger charge is -2.08. The summed E-state index contributed by atoms with van der Waals surface area (Å²) in [5.74, 6) is -0.159. The van der Waals surface area contributed by atoms with E-state index in [1.807, 2.05) is 13.8 Å². The van der Waals surface area contributed by atoms with Gasteiger partial charge in [-0.1, -0.05) is 13.8 Å². The first-order chi connectivity index (χ1) is 8.50. The molecule has 0 amide bonds. The molecule has 0 aliphatic carbocycles. The molecular weight excluding hydrogens is 300 g/mol. The van der Waals surface area contributed by atoms with Crippen molar-refractivity contribution >= 4 is 21.9 Å². The van der Waals surface area contributed by atoms with Crippen molar-refractivity contribution in [3.63, 3.8) is 0 Å². The van der Waals surface area contributed by atoms with Gasteiger partial charge in [-0.15, -0.1) is 5.10 Å². The van der Waals surface area contributed by atoms with E-state index in [-0.39, 0.29) is 11.5 Å². The Balaban J connectivity index is 2.54. The lowest BCUT2D eigenvalue weighted by atomic mass is 10.2. The molecule has 0 fully saturated rings. The molecular formula is C11H11BrN4O2. The number of benzene rings is 1. The lowest BCUT2D eigenvalue weighted by molar-refractivity contribution is 0.0696. The summed E-state index contributed by atoms with van der Waals surface area (Å²) < 4.78 is 2.07. The maximum absolute atomic E-state index is 11.1. The van der Waals surface area contributed by atoms with Gasteiger partial charge >= 0.3 is 5.97 Å². The number of aromatic nitrogens is 4. The van der Waals surface area contributed by atoms with E-state index in [0.29, 0.717) is 16.0 Å². The first-order valence-electron chi connectivity index (χ1n) is 5.32. The van der Waals surface area contributed by atoms with Crippen LogP contribution >= 0.6 is 15.9 Å². The molecule has 0 radical (unpaired) electrons. The van der Waals surface area contributed by atoms with E-state index in [0.717, 1.165) is 0 Å². The molecule has 0 aliphatic heterocycles. The molecule has 7 heteroatoms. The van der Waals surface area contributed by atoms with E-state index in [9.17, 15) is 4.79 Å². The minimum absolute atomic E-state index is 0.150. The van der Waals surface area contributed by atoms with Crippen LogP contribution in [0.4, 0.5) is 0 Å². The molecule has 18 heavy (non-hydrogen) atoms. The van der Waals surface area contributed by atoms with Crippen molar-refractivity contribution in [1.82, 2.24) is 20.2 Å². The number of carboxylic acids is 1. The Morgan fingerprint density at radius 2 is 2.17 bits per heavy atom. The third-order valence-corrected chi connectivity index (χ3v) is 3.13. The summed E-state index contributed by atoms with van der Waals surface area (Å²) in [5.41, 5.74) is 0.807. The van der Waals surface area contributed by atoms with Crippen LogP contribution in [0.15, 0.2) is 22.7 Å². The maximum Gasteiger partial charge on any atom is 0.336 e. The van der Waals surface area contributed by atoms with Crippen LogP contribution in [-0.2, 0) is 0 Å². The highest BCUT2D eigenvalue weighted by molar-refractivity contribution is 9.10. The summed E-state index contributed by atoms with van der Waals surface area (Å²) in [4.78, 5) is 11.1. The van der Waals surface area contributed by atoms with Crippen LogP contribution in [0.2, 0.25) is 0 Å². The second-order valence-corrected chi connectivity index (χ2v) is 4.93. The summed E-state index contributed by atoms with van der Waals surface area (Å²) in [6.07, 6.45) is 0. The van der Waals surface area contributed by atoms with Gasteiger partial charge in [0.1, 0.15) is 0 Å². The van der Waals surface area contributed by atoms with Gasteiger partial charge in [-0.2, -0.15) is 4.68 Å². The van der Waals surface area contributed by atoms with E-state index < -0.39 is 5.97 Å². The molecule has 1 heterocycles. The second kappa shape index (κ2) is 4.85. The quantitative estimate of drug-likeness (QED) is 0.940. The Labute approximate surface area is 112 Å². The van der Waals surface area contributed by atoms with E-state index >= 15 is 0 Å². The summed E-state index contributed by atoms with van der Waals surface area (Å²) in [6, 6.07) is 4.97. The molecule has 2 rings (SSSR count). The fourth-order valence-electron chi connectivity index (χ4n) is 1.55. The number of halogens is 1. The predicted molar refractivity (Wildman–Crippen MR) is 67.9 cm³/mol. The molecule has 6 nitrogen and oxygen atoms in total. The van der Waals surface area contributed by atoms with Crippen molar-refractivity contribution in [2.75, 3.05) is 0 Å². The van der Waals surface area contributed by atoms with Gasteiger partial charge in [0.25, 0.3) is 0 Å². The summed E-state index contributed by atoms with van der Waals surface area (Å²) in [6.45, 7) is 3.94. The Morgan fingerprint density at radius 1 is 1.44 bits per heavy atom. The Hall–Kier alpha value is -1.76. The summed E-state index contributed by atoms with van der Waals surface area (Å²) >= 11 is 3.20. The SMILES string of the molecule is CC(C)c1nnnn1-c1ccc(Br)c(C(=O)O)c1. The number of hydrogen-bond donors (Lipinski definition) is 1. The summed E-state index contributed by atoms with van der Waals surface area (Å²) in [7, 11) is 0. The average molecular weight is 311 g/mol. The van der Waals surface area contributed by atoms with Gasteiger partial charge in [0, 0.05) is 10.4 Å². The van der Waals surface area contributed by atoms with Gasteiger partial charge in [0.05, 0.1) is 11.3 Å². The molecule has 1 N–H and O–H groups in total. The fraction of sp³-hybridized carbons (Fsp3) is 0.273. The smallest absolute Gasteiger partial charge is 0.336 e. The maximum atomic E-state index is 11.1. The van der Waals surface area contributed by atoms with Crippen molar-refractivity contribution in [2.45, 2.75) is 19.8 Å². The van der Waals surface area contributed by atoms with Crippen LogP contribution in [0.25, 0.3) is 5.69 Å². The number of tetrazole rings is 1. The van der Waals surface area contributed by atoms with Crippen molar-refractivity contribution in [3.05, 3.63) is 34.1 Å². The normalized spacial score (nSPS) is 10.9. The van der Waals surface area contributed by atoms with E-state index in [1.54, 1.807) is 16.8 Å². The van der Waals surface area contributed by atoms with Gasteiger partial charge in [-0.25, -0.2) is 4.79 Å². The molecule has 0 spiro atoms. The van der Waals surface area contributed by atoms with Crippen LogP contribution in [0, 0.1) is 0 Å². The van der Waals surface area contributed by atoms with Crippen molar-refractivity contribution in [2.24, 2.45) is 0 Å². The molecule has 1 aromatic carbocycles. The minimum Gasteiger partial charge on any atom is -0.478 e. The largest absolute Gasteiger partial charge is 0.478 e. The zero-order valence-corrected chi connectivity index (χ0v) is 11.4. The zero-order chi connectivity index (χ0) is 13.3. The van der Waals surface area contributed by atoms with Gasteiger partial charge in [-0.05, 0) is 44.6 Å². The van der Waals surface area contributed by atoms with Crippen LogP contribution < -0.4 is 0 Å². The van der Waals surface area contributed by atoms with Gasteiger partial charge in [0.15, 0.2) is 5.82 Å². The highest BCUT2D eigenvalue weighted by Gasteiger charge is 2.15. The zero-order valence-electron chi connectivity index (χ0n) is 9.83. The van der Waals surface area contributed by atoms with E-state index in [1.165, 1.54) is 6.07 Å². The van der Waals surface area contributed by atoms with E-state index in [2.05, 4.69) is 31.5 Å². The molecule has 1 aromatic heterocycles. The van der Waals surface area contributed by atoms with Crippen molar-refractivity contribution < 1.29 is 9.90 Å². The van der Waals surface area contributed by atoms with Crippen molar-refractivity contribution in [3.8, 4) is 5.69 Å². The highest BCUT2D eigenvalue weighted by Crippen LogP contribution is 2.22. The topological polar surface area (TPSA) is 80.9 Å². The molecule has 2 aromatic rings. The fourth-order valence-corrected chi connectivity index (χ4v) is 1.96. The Bertz CT molecular complexity index is 594. The molecule has 0 unspecified atom stereocenters. The number of aromatic carboxylic acids is 1. The molecule has 0 saturated carbocycles. The second-order valence-electron chi connectivity index (χ2n) is 4.07. The van der Waals surface area contributed by atoms with Crippen LogP contribution in [0.3, 0.4) is 0 Å². The number of carboxylic acid groups (broad SMARTS) is 1. The number of carbonyl (C=O) groups is 1. The third-order valence-electron chi connectivity index (χ3n) is 2.43. The lowest BCUT2D eigenvalue weighted by Crippen LogP contribution is -2.07. The average Bonchev–Trinajstić information content (AvgIpc) is 2.78. The minimum atomic E-state index is -0.997. The molecule has 0 saturated heterocycles. The molecule has 0 aliphatic rings. The van der Waals surface area contributed by atoms with Gasteiger partial charge < -0.3 is 5.11 Å². The molecule has 94 valence electrons. The van der Waals surface area contributed by atoms with Gasteiger partial charge in [-0.3, -0.25) is 0 Å². The predicted octanol–water partition coefficient (Wildman–Crippen LogP) is 2.25. The highest BCUT2D eigenvalue weighted by atomic mass is 79.9. The third kappa shape index (κ3) is 2.26. The standard InChI is InChI=1S/C11H11BrN4O2/c1-6(2)10-13-14-15-16(10)7-3-4-9(12)8(5-7)11(17)18/h3-6H,1-2H3,(H,17,18). The van der Waals surface area contributed by atoms with Crippen LogP contribution in [-0.4, -0.2) is 31.3 Å². The first-order valence-corrected chi connectivity index (χ1v) is 6.11. The van der Waals surface area contributed by atoms with Crippen molar-refractivity contribution in [1.29, 1.82) is 0 Å². The van der Waals surface area contributed by atoms with Gasteiger partial charge in [0.2, 0.25) is 0 Å². The Morgan fingerprint density at radius 3 is 2.78 bits per heavy atom. The monoisotopic (exact) mass is 310 g/mol. The number of hydrogen-bond acceptors (Lipinski definition) is 4. The number of rotatable bonds is 3. The van der Waals surface area contributed by atoms with E-state index in [4.69, 9.17) is 5.11 Å². The molecule has 0 atom stereocenters. The Kier molecular flexibility index (Phi) is 3.42. The van der Waals surface area contributed by atoms with Crippen LogP contribution in [0.5, 0.6) is 0 Å². The van der Waals surface area contributed by atoms with Crippen LogP contribution in [0.1, 0.15) is 35.9 Å². The number of nitrogens with zero attached hydrogens (tertiary/aromatic N) is 4. The molecule has 0 bridgehead atoms. The summed E-state index contributed by atoms with van der Waals surface area (Å²) in [5, 5.41) is 20.5.